The Labute approximate surface area is 145 Å². The lowest BCUT2D eigenvalue weighted by Crippen LogP contribution is -2.39. The fraction of sp³-hybridized carbons (Fsp3) is 0.316. The minimum atomic E-state index is -0.731. The van der Waals surface area contributed by atoms with E-state index in [2.05, 4.69) is 4.90 Å². The molecule has 0 bridgehead atoms. The zero-order valence-electron chi connectivity index (χ0n) is 13.2. The Bertz CT molecular complexity index is 712. The maximum atomic E-state index is 13.3. The summed E-state index contributed by atoms with van der Waals surface area (Å²) in [5, 5.41) is 9.85. The van der Waals surface area contributed by atoms with Crippen LogP contribution in [-0.2, 0) is 4.79 Å². The van der Waals surface area contributed by atoms with Gasteiger partial charge in [-0.15, -0.1) is 0 Å². The van der Waals surface area contributed by atoms with E-state index >= 15 is 0 Å². The van der Waals surface area contributed by atoms with Crippen molar-refractivity contribution >= 4 is 17.6 Å². The summed E-state index contributed by atoms with van der Waals surface area (Å²) in [6, 6.07) is 14.0. The van der Waals surface area contributed by atoms with Crippen LogP contribution in [-0.4, -0.2) is 29.1 Å². The number of halogens is 2. The molecule has 1 aliphatic heterocycles. The minimum absolute atomic E-state index is 0.103. The fourth-order valence-corrected chi connectivity index (χ4v) is 3.57. The molecule has 1 fully saturated rings. The third kappa shape index (κ3) is 3.60. The van der Waals surface area contributed by atoms with Gasteiger partial charge in [0.15, 0.2) is 0 Å². The van der Waals surface area contributed by atoms with Crippen molar-refractivity contribution in [2.45, 2.75) is 18.9 Å². The molecule has 1 aliphatic rings. The van der Waals surface area contributed by atoms with Gasteiger partial charge >= 0.3 is 5.97 Å². The van der Waals surface area contributed by atoms with Crippen molar-refractivity contribution in [3.63, 3.8) is 0 Å². The van der Waals surface area contributed by atoms with Gasteiger partial charge in [-0.05, 0) is 55.3 Å². The zero-order chi connectivity index (χ0) is 17.1. The van der Waals surface area contributed by atoms with E-state index in [-0.39, 0.29) is 17.8 Å². The van der Waals surface area contributed by atoms with Gasteiger partial charge < -0.3 is 5.11 Å². The van der Waals surface area contributed by atoms with Crippen molar-refractivity contribution in [1.29, 1.82) is 0 Å². The molecule has 0 aliphatic carbocycles. The average Bonchev–Trinajstić information content (AvgIpc) is 2.59. The molecule has 1 heterocycles. The van der Waals surface area contributed by atoms with Gasteiger partial charge in [-0.25, -0.2) is 4.39 Å². The summed E-state index contributed by atoms with van der Waals surface area (Å²) in [4.78, 5) is 13.4. The highest BCUT2D eigenvalue weighted by Crippen LogP contribution is 2.35. The zero-order valence-corrected chi connectivity index (χ0v) is 13.9. The summed E-state index contributed by atoms with van der Waals surface area (Å²) in [5.74, 6) is -1.30. The van der Waals surface area contributed by atoms with Gasteiger partial charge in [0.1, 0.15) is 5.82 Å². The molecule has 1 N–H and O–H groups in total. The molecular weight excluding hydrogens is 329 g/mol. The first-order valence-corrected chi connectivity index (χ1v) is 8.41. The molecule has 1 unspecified atom stereocenters. The van der Waals surface area contributed by atoms with E-state index in [0.717, 1.165) is 11.1 Å². The number of carboxylic acid groups (broad SMARTS) is 1. The molecule has 24 heavy (non-hydrogen) atoms. The summed E-state index contributed by atoms with van der Waals surface area (Å²) in [6.45, 7) is 1.34. The van der Waals surface area contributed by atoms with Crippen LogP contribution in [0.4, 0.5) is 4.39 Å². The lowest BCUT2D eigenvalue weighted by molar-refractivity contribution is -0.143. The summed E-state index contributed by atoms with van der Waals surface area (Å²) in [7, 11) is 0. The second-order valence-electron chi connectivity index (χ2n) is 6.12. The van der Waals surface area contributed by atoms with E-state index in [1.807, 2.05) is 24.3 Å². The van der Waals surface area contributed by atoms with Crippen LogP contribution in [0, 0.1) is 11.7 Å². The fourth-order valence-electron chi connectivity index (χ4n) is 3.33. The highest BCUT2D eigenvalue weighted by atomic mass is 35.5. The first-order chi connectivity index (χ1) is 11.6. The molecule has 126 valence electrons. The predicted octanol–water partition coefficient (Wildman–Crippen LogP) is 4.37. The van der Waals surface area contributed by atoms with Crippen molar-refractivity contribution < 1.29 is 14.3 Å². The van der Waals surface area contributed by atoms with Gasteiger partial charge in [0.05, 0.1) is 12.0 Å². The van der Waals surface area contributed by atoms with Crippen LogP contribution in [0.15, 0.2) is 48.5 Å². The third-order valence-corrected chi connectivity index (χ3v) is 4.97. The van der Waals surface area contributed by atoms with Crippen LogP contribution >= 0.6 is 11.6 Å². The van der Waals surface area contributed by atoms with Crippen molar-refractivity contribution in [2.24, 2.45) is 5.92 Å². The summed E-state index contributed by atoms with van der Waals surface area (Å²) in [6.07, 6.45) is 1.22. The van der Waals surface area contributed by atoms with Crippen LogP contribution in [0.5, 0.6) is 0 Å². The molecule has 2 aromatic carbocycles. The van der Waals surface area contributed by atoms with E-state index in [9.17, 15) is 14.3 Å². The number of benzene rings is 2. The quantitative estimate of drug-likeness (QED) is 0.893. The Morgan fingerprint density at radius 1 is 1.12 bits per heavy atom. The van der Waals surface area contributed by atoms with E-state index in [1.165, 1.54) is 12.1 Å². The monoisotopic (exact) mass is 347 g/mol. The number of nitrogens with zero attached hydrogens (tertiary/aromatic N) is 1. The molecule has 0 radical (unpaired) electrons. The number of piperidine rings is 1. The molecule has 0 saturated carbocycles. The molecule has 0 amide bonds. The number of likely N-dealkylation sites (tertiary alicyclic amines) is 1. The van der Waals surface area contributed by atoms with Crippen LogP contribution in [0.3, 0.4) is 0 Å². The first-order valence-electron chi connectivity index (χ1n) is 8.03. The summed E-state index contributed by atoms with van der Waals surface area (Å²) < 4.78 is 13.3. The van der Waals surface area contributed by atoms with E-state index in [4.69, 9.17) is 11.6 Å². The average molecular weight is 348 g/mol. The van der Waals surface area contributed by atoms with E-state index in [0.29, 0.717) is 31.0 Å². The van der Waals surface area contributed by atoms with Gasteiger partial charge in [0, 0.05) is 5.02 Å². The number of carboxylic acids is 1. The van der Waals surface area contributed by atoms with Crippen molar-refractivity contribution in [3.8, 4) is 0 Å². The minimum Gasteiger partial charge on any atom is -0.481 e. The molecule has 0 spiro atoms. The molecule has 1 atom stereocenters. The number of hydrogen-bond acceptors (Lipinski definition) is 2. The lowest BCUT2D eigenvalue weighted by Gasteiger charge is -2.37. The molecule has 1 saturated heterocycles. The Balaban J connectivity index is 1.93. The molecular formula is C19H19ClFNO2. The van der Waals surface area contributed by atoms with Crippen LogP contribution in [0.2, 0.25) is 5.02 Å². The summed E-state index contributed by atoms with van der Waals surface area (Å²) in [5.41, 5.74) is 1.91. The number of carbonyl (C=O) groups is 1. The lowest BCUT2D eigenvalue weighted by atomic mass is 9.91. The second kappa shape index (κ2) is 7.32. The molecule has 3 rings (SSSR count). The van der Waals surface area contributed by atoms with Gasteiger partial charge in [-0.1, -0.05) is 41.9 Å². The molecule has 5 heteroatoms. The van der Waals surface area contributed by atoms with Crippen molar-refractivity contribution in [1.82, 2.24) is 4.90 Å². The van der Waals surface area contributed by atoms with Gasteiger partial charge in [-0.2, -0.15) is 0 Å². The number of rotatable bonds is 4. The summed E-state index contributed by atoms with van der Waals surface area (Å²) >= 11 is 6.40. The Hall–Kier alpha value is -1.91. The Morgan fingerprint density at radius 3 is 2.33 bits per heavy atom. The van der Waals surface area contributed by atoms with Crippen molar-refractivity contribution in [2.75, 3.05) is 13.1 Å². The maximum Gasteiger partial charge on any atom is 0.306 e. The second-order valence-corrected chi connectivity index (χ2v) is 6.53. The van der Waals surface area contributed by atoms with Gasteiger partial charge in [0.2, 0.25) is 0 Å². The van der Waals surface area contributed by atoms with Gasteiger partial charge in [0.25, 0.3) is 0 Å². The SMILES string of the molecule is O=C(O)C1CCN(C(c2ccc(F)cc2)c2ccccc2Cl)CC1. The largest absolute Gasteiger partial charge is 0.481 e. The predicted molar refractivity (Wildman–Crippen MR) is 91.6 cm³/mol. The van der Waals surface area contributed by atoms with Crippen LogP contribution < -0.4 is 0 Å². The highest BCUT2D eigenvalue weighted by Gasteiger charge is 2.30. The Morgan fingerprint density at radius 2 is 1.75 bits per heavy atom. The topological polar surface area (TPSA) is 40.5 Å². The number of hydrogen-bond donors (Lipinski definition) is 1. The smallest absolute Gasteiger partial charge is 0.306 e. The van der Waals surface area contributed by atoms with Crippen molar-refractivity contribution in [3.05, 3.63) is 70.5 Å². The molecule has 3 nitrogen and oxygen atoms in total. The van der Waals surface area contributed by atoms with E-state index < -0.39 is 5.97 Å². The normalized spacial score (nSPS) is 17.6. The van der Waals surface area contributed by atoms with Crippen LogP contribution in [0.25, 0.3) is 0 Å². The molecule has 2 aromatic rings. The first kappa shape index (κ1) is 16.9. The number of aliphatic carboxylic acids is 1. The third-order valence-electron chi connectivity index (χ3n) is 4.63. The standard InChI is InChI=1S/C19H19ClFNO2/c20-17-4-2-1-3-16(17)18(13-5-7-15(21)8-6-13)22-11-9-14(10-12-22)19(23)24/h1-8,14,18H,9-12H2,(H,23,24). The van der Waals surface area contributed by atoms with Gasteiger partial charge in [-0.3, -0.25) is 9.69 Å². The molecule has 0 aromatic heterocycles. The van der Waals surface area contributed by atoms with Crippen LogP contribution in [0.1, 0.15) is 30.0 Å². The highest BCUT2D eigenvalue weighted by molar-refractivity contribution is 6.31. The Kier molecular flexibility index (Phi) is 5.17. The van der Waals surface area contributed by atoms with E-state index in [1.54, 1.807) is 12.1 Å². The maximum absolute atomic E-state index is 13.3.